The van der Waals surface area contributed by atoms with Gasteiger partial charge >= 0.3 is 0 Å². The molecule has 0 aromatic carbocycles. The van der Waals surface area contributed by atoms with E-state index in [9.17, 15) is 5.11 Å². The van der Waals surface area contributed by atoms with Crippen molar-refractivity contribution in [3.63, 3.8) is 0 Å². The van der Waals surface area contributed by atoms with E-state index in [0.717, 1.165) is 0 Å². The molecule has 0 saturated carbocycles. The van der Waals surface area contributed by atoms with Crippen molar-refractivity contribution in [2.75, 3.05) is 19.8 Å². The summed E-state index contributed by atoms with van der Waals surface area (Å²) in [6, 6.07) is 0. The van der Waals surface area contributed by atoms with Crippen LogP contribution in [-0.4, -0.2) is 19.8 Å². The largest absolute Gasteiger partial charge is 0.366 e. The van der Waals surface area contributed by atoms with Crippen LogP contribution in [0.1, 0.15) is 0 Å². The molecule has 0 bridgehead atoms. The molecule has 0 aromatic heterocycles. The molecule has 0 spiro atoms. The van der Waals surface area contributed by atoms with E-state index >= 15 is 0 Å². The molecule has 39 valence electrons. The quantitative estimate of drug-likeness (QED) is 0.363. The van der Waals surface area contributed by atoms with Crippen molar-refractivity contribution in [1.82, 2.24) is 0 Å². The van der Waals surface area contributed by atoms with Crippen molar-refractivity contribution in [3.05, 3.63) is 0 Å². The summed E-state index contributed by atoms with van der Waals surface area (Å²) in [6.45, 7) is 0.272. The fourth-order valence-corrected chi connectivity index (χ4v) is 0.190. The summed E-state index contributed by atoms with van der Waals surface area (Å²) in [5.41, 5.74) is 0. The van der Waals surface area contributed by atoms with E-state index < -0.39 is 0 Å². The topological polar surface area (TPSA) is 29.1 Å². The maximum Gasteiger partial charge on any atom is 0.107 e. The van der Waals surface area contributed by atoms with E-state index in [1.54, 1.807) is 0 Å². The predicted octanol–water partition coefficient (Wildman–Crippen LogP) is 0.0667. The van der Waals surface area contributed by atoms with Gasteiger partial charge in [-0.2, -0.15) is 0 Å². The Balaban J connectivity index is 2.60. The molecule has 0 aliphatic carbocycles. The van der Waals surface area contributed by atoms with Crippen molar-refractivity contribution in [2.45, 2.75) is 0 Å². The van der Waals surface area contributed by atoms with Crippen molar-refractivity contribution in [2.24, 2.45) is 0 Å². The van der Waals surface area contributed by atoms with Gasteiger partial charge in [0.1, 0.15) is 13.2 Å². The lowest BCUT2D eigenvalue weighted by Gasteiger charge is -1.89. The minimum absolute atomic E-state index is 0.207. The minimum Gasteiger partial charge on any atom is -0.366 e. The molecule has 0 saturated heterocycles. The molecule has 0 N–H and O–H groups in total. The summed E-state index contributed by atoms with van der Waals surface area (Å²) < 4.78 is 4.58. The Kier molecular flexibility index (Phi) is 5.07. The summed E-state index contributed by atoms with van der Waals surface area (Å²) in [4.78, 5) is 0. The lowest BCUT2D eigenvalue weighted by molar-refractivity contribution is 0.0803. The highest BCUT2D eigenvalue weighted by atomic mass is 16.5. The lowest BCUT2D eigenvalue weighted by Crippen LogP contribution is -1.96. The van der Waals surface area contributed by atoms with Crippen LogP contribution in [0.4, 0.5) is 0 Å². The van der Waals surface area contributed by atoms with Gasteiger partial charge in [0, 0.05) is 0 Å². The van der Waals surface area contributed by atoms with Crippen LogP contribution in [0.25, 0.3) is 0 Å². The monoisotopic (exact) mass is 99.0 g/mol. The number of hydrogen-bond acceptors (Lipinski definition) is 1. The molecule has 0 aliphatic heterocycles. The van der Waals surface area contributed by atoms with Crippen molar-refractivity contribution in [3.8, 4) is 12.3 Å². The Morgan fingerprint density at radius 2 is 2.43 bits per heavy atom. The van der Waals surface area contributed by atoms with Gasteiger partial charge in [-0.1, -0.05) is 5.92 Å². The molecule has 0 aromatic rings. The van der Waals surface area contributed by atoms with Gasteiger partial charge in [0.05, 0.1) is 6.61 Å². The summed E-state index contributed by atoms with van der Waals surface area (Å²) in [6.07, 6.45) is 4.79. The predicted molar refractivity (Wildman–Crippen MR) is 25.2 cm³/mol. The van der Waals surface area contributed by atoms with E-state index in [1.165, 1.54) is 0 Å². The Labute approximate surface area is 43.1 Å². The summed E-state index contributed by atoms with van der Waals surface area (Å²) in [5.74, 6) is 2.24. The Morgan fingerprint density at radius 1 is 1.71 bits per heavy atom. The van der Waals surface area contributed by atoms with E-state index in [0.29, 0.717) is 0 Å². The molecule has 0 aliphatic rings. The normalized spacial score (nSPS) is 8.00. The van der Waals surface area contributed by atoms with Gasteiger partial charge < -0.3 is 4.74 Å². The van der Waals surface area contributed by atoms with E-state index in [2.05, 4.69) is 10.7 Å². The molecule has 2 heteroatoms. The van der Waals surface area contributed by atoms with Gasteiger partial charge in [0.2, 0.25) is 0 Å². The first-order valence-electron chi connectivity index (χ1n) is 2.01. The van der Waals surface area contributed by atoms with E-state index in [4.69, 9.17) is 6.42 Å². The molecular weight excluding hydrogens is 92.1 g/mol. The first kappa shape index (κ1) is 6.48. The van der Waals surface area contributed by atoms with Crippen molar-refractivity contribution < 1.29 is 9.84 Å². The number of ether oxygens (including phenoxy) is 1. The van der Waals surface area contributed by atoms with Gasteiger partial charge in [-0.05, 0) is 0 Å². The van der Waals surface area contributed by atoms with Crippen LogP contribution in [-0.2, 0) is 9.84 Å². The van der Waals surface area contributed by atoms with Crippen LogP contribution in [0.3, 0.4) is 0 Å². The fraction of sp³-hybridized carbons (Fsp3) is 0.600. The van der Waals surface area contributed by atoms with Crippen LogP contribution in [0.15, 0.2) is 0 Å². The molecule has 0 fully saturated rings. The second-order valence-electron chi connectivity index (χ2n) is 0.961. The highest BCUT2D eigenvalue weighted by molar-refractivity contribution is 4.82. The van der Waals surface area contributed by atoms with Gasteiger partial charge in [-0.25, -0.2) is 5.11 Å². The highest BCUT2D eigenvalue weighted by Gasteiger charge is 1.77. The third-order valence-electron chi connectivity index (χ3n) is 0.413. The van der Waals surface area contributed by atoms with Crippen LogP contribution in [0.5, 0.6) is 0 Å². The maximum absolute atomic E-state index is 9.61. The smallest absolute Gasteiger partial charge is 0.107 e. The third-order valence-corrected chi connectivity index (χ3v) is 0.413. The van der Waals surface area contributed by atoms with Crippen LogP contribution in [0, 0.1) is 12.3 Å². The molecule has 2 nitrogen and oxygen atoms in total. The summed E-state index contributed by atoms with van der Waals surface area (Å²) >= 11 is 0. The Morgan fingerprint density at radius 3 is 2.86 bits per heavy atom. The maximum atomic E-state index is 9.61. The third kappa shape index (κ3) is 5.48. The molecule has 0 atom stereocenters. The lowest BCUT2D eigenvalue weighted by atomic mass is 10.7. The summed E-state index contributed by atoms with van der Waals surface area (Å²) in [7, 11) is 0. The Hall–Kier alpha value is -0.520. The van der Waals surface area contributed by atoms with Crippen LogP contribution < -0.4 is 0 Å². The minimum atomic E-state index is -0.207. The average Bonchev–Trinajstić information content (AvgIpc) is 1.69. The first-order chi connectivity index (χ1) is 3.41. The van der Waals surface area contributed by atoms with Gasteiger partial charge in [-0.3, -0.25) is 0 Å². The fourth-order valence-electron chi connectivity index (χ4n) is 0.190. The number of terminal acetylenes is 1. The molecule has 1 radical (unpaired) electrons. The molecule has 7 heavy (non-hydrogen) atoms. The van der Waals surface area contributed by atoms with E-state index in [1.807, 2.05) is 0 Å². The van der Waals surface area contributed by atoms with Crippen LogP contribution in [0.2, 0.25) is 0 Å². The first-order valence-corrected chi connectivity index (χ1v) is 2.01. The standard InChI is InChI=1S/C5H7O2/c1-2-4-7-5-3-6/h1H,3-5H2. The van der Waals surface area contributed by atoms with Gasteiger partial charge in [0.15, 0.2) is 0 Å². The zero-order valence-electron chi connectivity index (χ0n) is 4.02. The SMILES string of the molecule is C#CCOCC[O]. The Bertz CT molecular complexity index is 63.0. The average molecular weight is 99.1 g/mol. The second kappa shape index (κ2) is 5.48. The van der Waals surface area contributed by atoms with Crippen LogP contribution >= 0.6 is 0 Å². The summed E-state index contributed by atoms with van der Waals surface area (Å²) in [5, 5.41) is 9.61. The second-order valence-corrected chi connectivity index (χ2v) is 0.961. The molecule has 0 rings (SSSR count). The van der Waals surface area contributed by atoms with E-state index in [-0.39, 0.29) is 19.8 Å². The zero-order chi connectivity index (χ0) is 5.54. The van der Waals surface area contributed by atoms with Gasteiger partial charge in [-0.15, -0.1) is 6.42 Å². The highest BCUT2D eigenvalue weighted by Crippen LogP contribution is 1.67. The number of hydrogen-bond donors (Lipinski definition) is 0. The molecule has 0 unspecified atom stereocenters. The molecule has 0 heterocycles. The zero-order valence-corrected chi connectivity index (χ0v) is 4.02. The number of rotatable bonds is 3. The van der Waals surface area contributed by atoms with Crippen molar-refractivity contribution in [1.29, 1.82) is 0 Å². The van der Waals surface area contributed by atoms with Crippen molar-refractivity contribution >= 4 is 0 Å². The molecular formula is C5H7O2. The van der Waals surface area contributed by atoms with Gasteiger partial charge in [0.25, 0.3) is 0 Å². The molecule has 0 amide bonds.